The van der Waals surface area contributed by atoms with Gasteiger partial charge in [-0.25, -0.2) is 0 Å². The van der Waals surface area contributed by atoms with E-state index in [0.29, 0.717) is 0 Å². The van der Waals surface area contributed by atoms with E-state index >= 15 is 0 Å². The molecule has 5 heteroatoms. The van der Waals surface area contributed by atoms with Gasteiger partial charge in [-0.15, -0.1) is 0 Å². The van der Waals surface area contributed by atoms with Crippen molar-refractivity contribution in [2.75, 3.05) is 0 Å². The first-order valence-corrected chi connectivity index (χ1v) is 4.04. The highest BCUT2D eigenvalue weighted by atomic mass is 16.7. The molecule has 0 aromatic rings. The predicted molar refractivity (Wildman–Crippen MR) is 44.6 cm³/mol. The van der Waals surface area contributed by atoms with E-state index in [1.165, 1.54) is 13.8 Å². The lowest BCUT2D eigenvalue weighted by Gasteiger charge is -2.35. The first-order chi connectivity index (χ1) is 5.64. The first kappa shape index (κ1) is 12.3. The zero-order valence-electron chi connectivity index (χ0n) is 7.98. The third-order valence-corrected chi connectivity index (χ3v) is 2.30. The molecule has 13 heavy (non-hydrogen) atoms. The van der Waals surface area contributed by atoms with E-state index in [-0.39, 0.29) is 6.42 Å². The Bertz CT molecular complexity index is 191. The smallest absolute Gasteiger partial charge is 0.309 e. The van der Waals surface area contributed by atoms with E-state index in [2.05, 4.69) is 0 Å². The van der Waals surface area contributed by atoms with E-state index in [1.54, 1.807) is 6.92 Å². The van der Waals surface area contributed by atoms with Crippen LogP contribution in [0, 0.1) is 11.3 Å². The average molecular weight is 192 g/mol. The van der Waals surface area contributed by atoms with Gasteiger partial charge in [-0.3, -0.25) is 4.79 Å². The summed E-state index contributed by atoms with van der Waals surface area (Å²) in [5.41, 5.74) is -1.38. The minimum absolute atomic E-state index is 0.156. The highest BCUT2D eigenvalue weighted by Crippen LogP contribution is 2.35. The average Bonchev–Trinajstić information content (AvgIpc) is 1.83. The summed E-state index contributed by atoms with van der Waals surface area (Å²) in [5, 5.41) is 35.5. The number of carboxylic acids is 1. The molecule has 0 saturated heterocycles. The second kappa shape index (κ2) is 3.61. The minimum Gasteiger partial charge on any atom is -0.481 e. The lowest BCUT2D eigenvalue weighted by molar-refractivity contribution is -0.355. The Hall–Kier alpha value is -0.650. The molecule has 0 aromatic heterocycles. The number of carboxylic acid groups (broad SMARTS) is 1. The zero-order valence-corrected chi connectivity index (χ0v) is 7.98. The van der Waals surface area contributed by atoms with E-state index < -0.39 is 23.3 Å². The molecule has 0 saturated carbocycles. The molecular formula is C8H16O5. The number of aliphatic hydroxyl groups is 3. The fourth-order valence-corrected chi connectivity index (χ4v) is 1.42. The van der Waals surface area contributed by atoms with Gasteiger partial charge in [0.25, 0.3) is 5.97 Å². The Kier molecular flexibility index (Phi) is 3.43. The minimum atomic E-state index is -2.95. The Morgan fingerprint density at radius 2 is 1.69 bits per heavy atom. The van der Waals surface area contributed by atoms with Crippen molar-refractivity contribution in [3.05, 3.63) is 0 Å². The standard InChI is InChI=1S/C8H16O5/c1-4-5(8(11,12)13)7(2,3)6(9)10/h5,11-13H,4H2,1-3H3,(H,9,10). The monoisotopic (exact) mass is 192 g/mol. The molecular weight excluding hydrogens is 176 g/mol. The maximum atomic E-state index is 10.7. The lowest BCUT2D eigenvalue weighted by Crippen LogP contribution is -2.48. The number of hydrogen-bond acceptors (Lipinski definition) is 4. The van der Waals surface area contributed by atoms with Gasteiger partial charge >= 0.3 is 5.97 Å². The Morgan fingerprint density at radius 3 is 1.77 bits per heavy atom. The Balaban J connectivity index is 4.88. The van der Waals surface area contributed by atoms with Crippen LogP contribution in [0.1, 0.15) is 27.2 Å². The summed E-state index contributed by atoms with van der Waals surface area (Å²) in [6.07, 6.45) is 0.156. The maximum absolute atomic E-state index is 10.7. The van der Waals surface area contributed by atoms with E-state index in [1.807, 2.05) is 0 Å². The van der Waals surface area contributed by atoms with Gasteiger partial charge in [0.2, 0.25) is 0 Å². The lowest BCUT2D eigenvalue weighted by atomic mass is 9.76. The van der Waals surface area contributed by atoms with Crippen LogP contribution in [-0.4, -0.2) is 32.4 Å². The predicted octanol–water partition coefficient (Wildman–Crippen LogP) is -0.246. The molecule has 0 aliphatic carbocycles. The van der Waals surface area contributed by atoms with Crippen molar-refractivity contribution in [2.24, 2.45) is 11.3 Å². The molecule has 0 aliphatic rings. The van der Waals surface area contributed by atoms with Crippen LogP contribution in [0.15, 0.2) is 0 Å². The van der Waals surface area contributed by atoms with Gasteiger partial charge in [0, 0.05) is 0 Å². The van der Waals surface area contributed by atoms with Crippen LogP contribution in [-0.2, 0) is 4.79 Å². The van der Waals surface area contributed by atoms with E-state index in [4.69, 9.17) is 20.4 Å². The highest BCUT2D eigenvalue weighted by molar-refractivity contribution is 5.74. The van der Waals surface area contributed by atoms with Gasteiger partial charge in [0.15, 0.2) is 0 Å². The molecule has 5 nitrogen and oxygen atoms in total. The van der Waals surface area contributed by atoms with Crippen molar-refractivity contribution in [1.82, 2.24) is 0 Å². The molecule has 1 unspecified atom stereocenters. The number of aliphatic carboxylic acids is 1. The molecule has 1 atom stereocenters. The van der Waals surface area contributed by atoms with Crippen LogP contribution in [0.3, 0.4) is 0 Å². The maximum Gasteiger partial charge on any atom is 0.309 e. The van der Waals surface area contributed by atoms with Gasteiger partial charge in [-0.1, -0.05) is 6.92 Å². The molecule has 0 bridgehead atoms. The summed E-state index contributed by atoms with van der Waals surface area (Å²) >= 11 is 0. The third kappa shape index (κ3) is 2.65. The largest absolute Gasteiger partial charge is 0.481 e. The molecule has 0 aliphatic heterocycles. The van der Waals surface area contributed by atoms with Gasteiger partial charge in [0.05, 0.1) is 11.3 Å². The Morgan fingerprint density at radius 1 is 1.31 bits per heavy atom. The van der Waals surface area contributed by atoms with Crippen molar-refractivity contribution in [2.45, 2.75) is 33.2 Å². The van der Waals surface area contributed by atoms with Gasteiger partial charge in [0.1, 0.15) is 0 Å². The van der Waals surface area contributed by atoms with Crippen molar-refractivity contribution in [3.8, 4) is 0 Å². The van der Waals surface area contributed by atoms with Crippen LogP contribution in [0.25, 0.3) is 0 Å². The highest BCUT2D eigenvalue weighted by Gasteiger charge is 2.47. The number of rotatable bonds is 4. The number of hydrogen-bond donors (Lipinski definition) is 4. The second-order valence-electron chi connectivity index (χ2n) is 3.67. The van der Waals surface area contributed by atoms with E-state index in [0.717, 1.165) is 0 Å². The van der Waals surface area contributed by atoms with Gasteiger partial charge in [-0.05, 0) is 20.3 Å². The molecule has 0 fully saturated rings. The summed E-state index contributed by atoms with van der Waals surface area (Å²) in [4.78, 5) is 10.7. The SMILES string of the molecule is CCC(C(O)(O)O)C(C)(C)C(=O)O. The molecule has 4 N–H and O–H groups in total. The first-order valence-electron chi connectivity index (χ1n) is 4.04. The van der Waals surface area contributed by atoms with Gasteiger partial charge in [-0.2, -0.15) is 0 Å². The van der Waals surface area contributed by atoms with E-state index in [9.17, 15) is 4.79 Å². The van der Waals surface area contributed by atoms with Gasteiger partial charge < -0.3 is 20.4 Å². The third-order valence-electron chi connectivity index (χ3n) is 2.30. The van der Waals surface area contributed by atoms with Crippen molar-refractivity contribution in [3.63, 3.8) is 0 Å². The van der Waals surface area contributed by atoms with Crippen molar-refractivity contribution >= 4 is 5.97 Å². The fraction of sp³-hybridized carbons (Fsp3) is 0.875. The number of carbonyl (C=O) groups is 1. The fourth-order valence-electron chi connectivity index (χ4n) is 1.42. The topological polar surface area (TPSA) is 98.0 Å². The molecule has 0 aromatic carbocycles. The zero-order chi connectivity index (χ0) is 10.9. The normalized spacial score (nSPS) is 15.5. The van der Waals surface area contributed by atoms with Crippen molar-refractivity contribution < 1.29 is 25.2 Å². The van der Waals surface area contributed by atoms with Crippen LogP contribution < -0.4 is 0 Å². The summed E-state index contributed by atoms with van der Waals surface area (Å²) in [7, 11) is 0. The Labute approximate surface area is 76.6 Å². The van der Waals surface area contributed by atoms with Crippen LogP contribution in [0.5, 0.6) is 0 Å². The molecule has 0 rings (SSSR count). The summed E-state index contributed by atoms with van der Waals surface area (Å²) < 4.78 is 0. The van der Waals surface area contributed by atoms with Crippen molar-refractivity contribution in [1.29, 1.82) is 0 Å². The van der Waals surface area contributed by atoms with Crippen LogP contribution in [0.4, 0.5) is 0 Å². The molecule has 0 heterocycles. The second-order valence-corrected chi connectivity index (χ2v) is 3.67. The van der Waals surface area contributed by atoms with Crippen LogP contribution >= 0.6 is 0 Å². The van der Waals surface area contributed by atoms with Crippen LogP contribution in [0.2, 0.25) is 0 Å². The quantitative estimate of drug-likeness (QED) is 0.460. The summed E-state index contributed by atoms with van der Waals surface area (Å²) in [6, 6.07) is 0. The molecule has 0 radical (unpaired) electrons. The summed E-state index contributed by atoms with van der Waals surface area (Å²) in [6.45, 7) is 4.24. The molecule has 78 valence electrons. The summed E-state index contributed by atoms with van der Waals surface area (Å²) in [5.74, 6) is -5.25. The molecule has 0 spiro atoms. The molecule has 0 amide bonds.